The van der Waals surface area contributed by atoms with Crippen LogP contribution in [0.25, 0.3) is 28.0 Å². The largest absolute Gasteiger partial charge is 0.461 e. The number of aromatic nitrogens is 4. The topological polar surface area (TPSA) is 56.2 Å². The van der Waals surface area contributed by atoms with Gasteiger partial charge in [-0.25, -0.2) is 0 Å². The van der Waals surface area contributed by atoms with Crippen molar-refractivity contribution < 1.29 is 4.42 Å². The van der Waals surface area contributed by atoms with Gasteiger partial charge in [0.25, 0.3) is 0 Å². The molecule has 0 N–H and O–H groups in total. The second-order valence-electron chi connectivity index (χ2n) is 3.97. The quantitative estimate of drug-likeness (QED) is 0.509. The van der Waals surface area contributed by atoms with E-state index in [4.69, 9.17) is 4.42 Å². The first-order valence-corrected chi connectivity index (χ1v) is 5.56. The summed E-state index contributed by atoms with van der Waals surface area (Å²) in [7, 11) is 0. The summed E-state index contributed by atoms with van der Waals surface area (Å²) in [5, 5.41) is 14.8. The highest BCUT2D eigenvalue weighted by Gasteiger charge is 2.13. The SMILES string of the molecule is c1coc(-c2nnc3c4ccccc4cnn23)c1. The van der Waals surface area contributed by atoms with E-state index >= 15 is 0 Å². The van der Waals surface area contributed by atoms with Crippen LogP contribution in [-0.2, 0) is 0 Å². The summed E-state index contributed by atoms with van der Waals surface area (Å²) in [5.74, 6) is 1.27. The van der Waals surface area contributed by atoms with Crippen LogP contribution in [0.4, 0.5) is 0 Å². The average Bonchev–Trinajstić information content (AvgIpc) is 3.07. The summed E-state index contributed by atoms with van der Waals surface area (Å²) in [6, 6.07) is 11.6. The minimum atomic E-state index is 0.612. The van der Waals surface area contributed by atoms with Gasteiger partial charge in [-0.1, -0.05) is 24.3 Å². The molecule has 0 atom stereocenters. The van der Waals surface area contributed by atoms with Crippen LogP contribution < -0.4 is 0 Å². The Kier molecular flexibility index (Phi) is 1.77. The third-order valence-electron chi connectivity index (χ3n) is 2.90. The normalized spacial score (nSPS) is 11.3. The Hall–Kier alpha value is -2.69. The van der Waals surface area contributed by atoms with Gasteiger partial charge < -0.3 is 4.42 Å². The van der Waals surface area contributed by atoms with Crippen molar-refractivity contribution in [1.29, 1.82) is 0 Å². The molecule has 0 fully saturated rings. The van der Waals surface area contributed by atoms with Crippen LogP contribution >= 0.6 is 0 Å². The Balaban J connectivity index is 2.12. The summed E-state index contributed by atoms with van der Waals surface area (Å²) in [4.78, 5) is 0. The predicted molar refractivity (Wildman–Crippen MR) is 66.0 cm³/mol. The van der Waals surface area contributed by atoms with Gasteiger partial charge in [-0.2, -0.15) is 9.61 Å². The molecule has 0 amide bonds. The fourth-order valence-corrected chi connectivity index (χ4v) is 2.05. The Morgan fingerprint density at radius 1 is 1.00 bits per heavy atom. The van der Waals surface area contributed by atoms with Crippen molar-refractivity contribution in [2.75, 3.05) is 0 Å². The van der Waals surface area contributed by atoms with E-state index in [9.17, 15) is 0 Å². The Labute approximate surface area is 102 Å². The molecule has 0 spiro atoms. The zero-order chi connectivity index (χ0) is 11.9. The molecule has 5 heteroatoms. The van der Waals surface area contributed by atoms with Crippen molar-refractivity contribution in [1.82, 2.24) is 19.8 Å². The third kappa shape index (κ3) is 1.18. The summed E-state index contributed by atoms with van der Waals surface area (Å²) >= 11 is 0. The fourth-order valence-electron chi connectivity index (χ4n) is 2.05. The molecule has 0 radical (unpaired) electrons. The number of nitrogens with zero attached hydrogens (tertiary/aromatic N) is 4. The molecule has 18 heavy (non-hydrogen) atoms. The molecule has 0 saturated carbocycles. The fraction of sp³-hybridized carbons (Fsp3) is 0. The van der Waals surface area contributed by atoms with Gasteiger partial charge in [-0.15, -0.1) is 10.2 Å². The van der Waals surface area contributed by atoms with Crippen molar-refractivity contribution in [3.63, 3.8) is 0 Å². The lowest BCUT2D eigenvalue weighted by Gasteiger charge is -1.99. The van der Waals surface area contributed by atoms with E-state index in [1.807, 2.05) is 36.4 Å². The van der Waals surface area contributed by atoms with Gasteiger partial charge in [0.1, 0.15) is 0 Å². The lowest BCUT2D eigenvalue weighted by molar-refractivity contribution is 0.574. The molecule has 0 bridgehead atoms. The number of hydrogen-bond donors (Lipinski definition) is 0. The second kappa shape index (κ2) is 3.40. The molecule has 4 rings (SSSR count). The maximum absolute atomic E-state index is 5.33. The molecule has 5 nitrogen and oxygen atoms in total. The van der Waals surface area contributed by atoms with Crippen molar-refractivity contribution in [3.8, 4) is 11.6 Å². The van der Waals surface area contributed by atoms with E-state index in [2.05, 4.69) is 15.3 Å². The van der Waals surface area contributed by atoms with Gasteiger partial charge >= 0.3 is 0 Å². The van der Waals surface area contributed by atoms with E-state index in [1.165, 1.54) is 0 Å². The molecule has 0 aliphatic rings. The predicted octanol–water partition coefficient (Wildman–Crippen LogP) is 2.54. The van der Waals surface area contributed by atoms with Gasteiger partial charge in [0.05, 0.1) is 12.5 Å². The molecular formula is C13H8N4O. The van der Waals surface area contributed by atoms with Crippen LogP contribution in [0.5, 0.6) is 0 Å². The van der Waals surface area contributed by atoms with E-state index in [0.29, 0.717) is 11.6 Å². The lowest BCUT2D eigenvalue weighted by atomic mass is 10.2. The van der Waals surface area contributed by atoms with Crippen LogP contribution in [-0.4, -0.2) is 19.8 Å². The van der Waals surface area contributed by atoms with E-state index in [0.717, 1.165) is 16.4 Å². The highest BCUT2D eigenvalue weighted by molar-refractivity contribution is 5.93. The number of fused-ring (bicyclic) bond motifs is 3. The molecular weight excluding hydrogens is 228 g/mol. The molecule has 0 saturated heterocycles. The number of furan rings is 1. The summed E-state index contributed by atoms with van der Waals surface area (Å²) < 4.78 is 7.03. The lowest BCUT2D eigenvalue weighted by Crippen LogP contribution is -1.94. The van der Waals surface area contributed by atoms with Gasteiger partial charge in [0.2, 0.25) is 5.82 Å². The summed E-state index contributed by atoms with van der Waals surface area (Å²) in [6.07, 6.45) is 3.41. The van der Waals surface area contributed by atoms with E-state index < -0.39 is 0 Å². The van der Waals surface area contributed by atoms with Gasteiger partial charge in [0.15, 0.2) is 11.4 Å². The van der Waals surface area contributed by atoms with Crippen LogP contribution in [0.1, 0.15) is 0 Å². The zero-order valence-corrected chi connectivity index (χ0v) is 9.32. The van der Waals surface area contributed by atoms with Crippen molar-refractivity contribution in [3.05, 3.63) is 48.9 Å². The first-order valence-electron chi connectivity index (χ1n) is 5.56. The highest BCUT2D eigenvalue weighted by atomic mass is 16.3. The Morgan fingerprint density at radius 3 is 2.83 bits per heavy atom. The minimum absolute atomic E-state index is 0.612. The molecule has 86 valence electrons. The first-order chi connectivity index (χ1) is 8.93. The third-order valence-corrected chi connectivity index (χ3v) is 2.90. The molecule has 3 aromatic heterocycles. The second-order valence-corrected chi connectivity index (χ2v) is 3.97. The molecule has 0 aliphatic carbocycles. The number of rotatable bonds is 1. The monoisotopic (exact) mass is 236 g/mol. The van der Waals surface area contributed by atoms with E-state index in [-0.39, 0.29) is 0 Å². The molecule has 4 aromatic rings. The number of hydrogen-bond acceptors (Lipinski definition) is 4. The smallest absolute Gasteiger partial charge is 0.220 e. The standard InChI is InChI=1S/C13H8N4O/c1-2-5-10-9(4-1)8-14-17-12(10)15-16-13(17)11-6-3-7-18-11/h1-8H. The number of benzene rings is 1. The van der Waals surface area contributed by atoms with E-state index in [1.54, 1.807) is 17.0 Å². The van der Waals surface area contributed by atoms with Gasteiger partial charge in [0, 0.05) is 10.8 Å². The molecule has 0 unspecified atom stereocenters. The van der Waals surface area contributed by atoms with Crippen LogP contribution in [0.3, 0.4) is 0 Å². The highest BCUT2D eigenvalue weighted by Crippen LogP contribution is 2.22. The van der Waals surface area contributed by atoms with Gasteiger partial charge in [-0.05, 0) is 12.1 Å². The van der Waals surface area contributed by atoms with Crippen LogP contribution in [0.15, 0.2) is 53.3 Å². The van der Waals surface area contributed by atoms with Crippen molar-refractivity contribution in [2.24, 2.45) is 0 Å². The van der Waals surface area contributed by atoms with Crippen LogP contribution in [0, 0.1) is 0 Å². The zero-order valence-electron chi connectivity index (χ0n) is 9.32. The molecule has 1 aromatic carbocycles. The maximum Gasteiger partial charge on any atom is 0.220 e. The Morgan fingerprint density at radius 2 is 1.94 bits per heavy atom. The van der Waals surface area contributed by atoms with Crippen LogP contribution in [0.2, 0.25) is 0 Å². The summed E-state index contributed by atoms with van der Waals surface area (Å²) in [6.45, 7) is 0. The maximum atomic E-state index is 5.33. The van der Waals surface area contributed by atoms with Crippen molar-refractivity contribution in [2.45, 2.75) is 0 Å². The van der Waals surface area contributed by atoms with Gasteiger partial charge in [-0.3, -0.25) is 0 Å². The molecule has 3 heterocycles. The van der Waals surface area contributed by atoms with Crippen molar-refractivity contribution >= 4 is 16.4 Å². The Bertz CT molecular complexity index is 833. The first kappa shape index (κ1) is 9.35. The minimum Gasteiger partial charge on any atom is -0.461 e. The summed E-state index contributed by atoms with van der Waals surface area (Å²) in [5.41, 5.74) is 0.736. The molecule has 0 aliphatic heterocycles. The average molecular weight is 236 g/mol.